The van der Waals surface area contributed by atoms with E-state index in [0.717, 1.165) is 24.4 Å². The van der Waals surface area contributed by atoms with Gasteiger partial charge in [-0.2, -0.15) is 0 Å². The molecule has 0 bridgehead atoms. The zero-order valence-corrected chi connectivity index (χ0v) is 11.4. The highest BCUT2D eigenvalue weighted by atomic mass is 16.5. The van der Waals surface area contributed by atoms with E-state index in [1.54, 1.807) is 11.9 Å². The fraction of sp³-hybridized carbons (Fsp3) is 0.500. The van der Waals surface area contributed by atoms with Crippen LogP contribution in [-0.2, 0) is 4.79 Å². The van der Waals surface area contributed by atoms with Crippen LogP contribution in [-0.4, -0.2) is 39.3 Å². The molecule has 1 aliphatic rings. The molecule has 0 atom stereocenters. The summed E-state index contributed by atoms with van der Waals surface area (Å²) in [5.74, 6) is 1.48. The Morgan fingerprint density at radius 2 is 2.05 bits per heavy atom. The number of hydrogen-bond acceptors (Lipinski definition) is 4. The van der Waals surface area contributed by atoms with Gasteiger partial charge in [0.15, 0.2) is 11.5 Å². The van der Waals surface area contributed by atoms with Crippen molar-refractivity contribution in [2.45, 2.75) is 13.3 Å². The van der Waals surface area contributed by atoms with Crippen LogP contribution >= 0.6 is 0 Å². The molecule has 5 nitrogen and oxygen atoms in total. The van der Waals surface area contributed by atoms with Crippen molar-refractivity contribution in [2.24, 2.45) is 0 Å². The Labute approximate surface area is 113 Å². The van der Waals surface area contributed by atoms with Crippen molar-refractivity contribution in [3.63, 3.8) is 0 Å². The summed E-state index contributed by atoms with van der Waals surface area (Å²) in [6.45, 7) is 4.40. The zero-order chi connectivity index (χ0) is 13.7. The van der Waals surface area contributed by atoms with Crippen molar-refractivity contribution >= 4 is 11.6 Å². The molecule has 0 spiro atoms. The molecular weight excluding hydrogens is 244 g/mol. The van der Waals surface area contributed by atoms with Crippen molar-refractivity contribution < 1.29 is 14.3 Å². The second-order valence-electron chi connectivity index (χ2n) is 4.41. The van der Waals surface area contributed by atoms with Crippen LogP contribution in [0, 0.1) is 0 Å². The third-order valence-electron chi connectivity index (χ3n) is 3.02. The van der Waals surface area contributed by atoms with Gasteiger partial charge in [-0.15, -0.1) is 0 Å². The van der Waals surface area contributed by atoms with Crippen LogP contribution in [0.4, 0.5) is 5.69 Å². The van der Waals surface area contributed by atoms with Gasteiger partial charge in [0, 0.05) is 25.2 Å². The first-order valence-electron chi connectivity index (χ1n) is 6.59. The normalized spacial score (nSPS) is 13.8. The van der Waals surface area contributed by atoms with Crippen LogP contribution in [0.2, 0.25) is 0 Å². The predicted molar refractivity (Wildman–Crippen MR) is 74.0 cm³/mol. The summed E-state index contributed by atoms with van der Waals surface area (Å²) in [5, 5.41) is 3.02. The largest absolute Gasteiger partial charge is 0.490 e. The molecule has 0 fully saturated rings. The molecule has 0 aliphatic carbocycles. The molecule has 104 valence electrons. The van der Waals surface area contributed by atoms with Crippen LogP contribution in [0.3, 0.4) is 0 Å². The maximum absolute atomic E-state index is 11.9. The molecule has 0 aromatic heterocycles. The fourth-order valence-corrected chi connectivity index (χ4v) is 1.86. The summed E-state index contributed by atoms with van der Waals surface area (Å²) < 4.78 is 11.2. The maximum Gasteiger partial charge on any atom is 0.240 e. The highest BCUT2D eigenvalue weighted by Crippen LogP contribution is 2.33. The Morgan fingerprint density at radius 1 is 1.32 bits per heavy atom. The van der Waals surface area contributed by atoms with Crippen LogP contribution in [0.25, 0.3) is 0 Å². The number of hydrogen-bond donors (Lipinski definition) is 1. The fourth-order valence-electron chi connectivity index (χ4n) is 1.86. The molecule has 1 N–H and O–H groups in total. The standard InChI is InChI=1S/C14H20N2O3/c1-3-15-10-14(17)16(2)11-5-6-12-13(9-11)19-8-4-7-18-12/h5-6,9,15H,3-4,7-8,10H2,1-2H3. The smallest absolute Gasteiger partial charge is 0.240 e. The van der Waals surface area contributed by atoms with Gasteiger partial charge in [-0.25, -0.2) is 0 Å². The lowest BCUT2D eigenvalue weighted by molar-refractivity contribution is -0.117. The number of nitrogens with zero attached hydrogens (tertiary/aromatic N) is 1. The van der Waals surface area contributed by atoms with E-state index in [-0.39, 0.29) is 5.91 Å². The van der Waals surface area contributed by atoms with Gasteiger partial charge < -0.3 is 19.7 Å². The minimum atomic E-state index is 0.0244. The SMILES string of the molecule is CCNCC(=O)N(C)c1ccc2c(c1)OCCCO2. The van der Waals surface area contributed by atoms with Gasteiger partial charge in [-0.1, -0.05) is 6.92 Å². The van der Waals surface area contributed by atoms with Crippen LogP contribution in [0.1, 0.15) is 13.3 Å². The number of rotatable bonds is 4. The molecule has 1 aliphatic heterocycles. The topological polar surface area (TPSA) is 50.8 Å². The van der Waals surface area contributed by atoms with Gasteiger partial charge in [0.2, 0.25) is 5.91 Å². The summed E-state index contributed by atoms with van der Waals surface area (Å²) in [6, 6.07) is 5.58. The van der Waals surface area contributed by atoms with Crippen molar-refractivity contribution in [2.75, 3.05) is 38.3 Å². The van der Waals surface area contributed by atoms with E-state index >= 15 is 0 Å². The number of anilines is 1. The van der Waals surface area contributed by atoms with E-state index in [2.05, 4.69) is 5.32 Å². The molecule has 1 heterocycles. The quantitative estimate of drug-likeness (QED) is 0.893. The van der Waals surface area contributed by atoms with Gasteiger partial charge >= 0.3 is 0 Å². The van der Waals surface area contributed by atoms with Crippen LogP contribution < -0.4 is 19.7 Å². The number of carbonyl (C=O) groups is 1. The van der Waals surface area contributed by atoms with E-state index in [1.807, 2.05) is 25.1 Å². The Morgan fingerprint density at radius 3 is 2.79 bits per heavy atom. The highest BCUT2D eigenvalue weighted by Gasteiger charge is 2.15. The molecule has 0 saturated heterocycles. The summed E-state index contributed by atoms with van der Waals surface area (Å²) in [5.41, 5.74) is 0.812. The minimum Gasteiger partial charge on any atom is -0.490 e. The van der Waals surface area contributed by atoms with E-state index < -0.39 is 0 Å². The molecule has 1 aromatic rings. The van der Waals surface area contributed by atoms with Crippen molar-refractivity contribution in [1.29, 1.82) is 0 Å². The number of nitrogens with one attached hydrogen (secondary N) is 1. The molecule has 1 aromatic carbocycles. The zero-order valence-electron chi connectivity index (χ0n) is 11.4. The molecule has 0 saturated carbocycles. The average Bonchev–Trinajstić information content (AvgIpc) is 2.68. The third-order valence-corrected chi connectivity index (χ3v) is 3.02. The van der Waals surface area contributed by atoms with Gasteiger partial charge in [-0.05, 0) is 18.7 Å². The van der Waals surface area contributed by atoms with E-state index in [9.17, 15) is 4.79 Å². The van der Waals surface area contributed by atoms with Crippen molar-refractivity contribution in [1.82, 2.24) is 5.32 Å². The van der Waals surface area contributed by atoms with Crippen molar-refractivity contribution in [3.8, 4) is 11.5 Å². The maximum atomic E-state index is 11.9. The Kier molecular flexibility index (Phi) is 4.63. The van der Waals surface area contributed by atoms with Gasteiger partial charge in [0.25, 0.3) is 0 Å². The van der Waals surface area contributed by atoms with E-state index in [0.29, 0.717) is 25.5 Å². The lowest BCUT2D eigenvalue weighted by Crippen LogP contribution is -2.35. The van der Waals surface area contributed by atoms with Gasteiger partial charge in [0.05, 0.1) is 19.8 Å². The summed E-state index contributed by atoms with van der Waals surface area (Å²) in [4.78, 5) is 13.6. The molecule has 2 rings (SSSR count). The molecule has 0 radical (unpaired) electrons. The first-order valence-corrected chi connectivity index (χ1v) is 6.59. The lowest BCUT2D eigenvalue weighted by atomic mass is 10.2. The van der Waals surface area contributed by atoms with E-state index in [4.69, 9.17) is 9.47 Å². The summed E-state index contributed by atoms with van der Waals surface area (Å²) in [6.07, 6.45) is 0.874. The van der Waals surface area contributed by atoms with Gasteiger partial charge in [0.1, 0.15) is 0 Å². The molecule has 19 heavy (non-hydrogen) atoms. The Balaban J connectivity index is 2.12. The molecular formula is C14H20N2O3. The Bertz CT molecular complexity index is 448. The summed E-state index contributed by atoms with van der Waals surface area (Å²) >= 11 is 0. The Hall–Kier alpha value is -1.75. The molecule has 0 unspecified atom stereocenters. The summed E-state index contributed by atoms with van der Waals surface area (Å²) in [7, 11) is 1.76. The van der Waals surface area contributed by atoms with Crippen molar-refractivity contribution in [3.05, 3.63) is 18.2 Å². The molecule has 5 heteroatoms. The second-order valence-corrected chi connectivity index (χ2v) is 4.41. The van der Waals surface area contributed by atoms with Crippen LogP contribution in [0.5, 0.6) is 11.5 Å². The van der Waals surface area contributed by atoms with Crippen LogP contribution in [0.15, 0.2) is 18.2 Å². The number of fused-ring (bicyclic) bond motifs is 1. The highest BCUT2D eigenvalue weighted by molar-refractivity contribution is 5.94. The number of likely N-dealkylation sites (N-methyl/N-ethyl adjacent to an activating group) is 2. The lowest BCUT2D eigenvalue weighted by Gasteiger charge is -2.19. The average molecular weight is 264 g/mol. The first kappa shape index (κ1) is 13.7. The number of ether oxygens (including phenoxy) is 2. The number of carbonyl (C=O) groups excluding carboxylic acids is 1. The molecule has 1 amide bonds. The second kappa shape index (κ2) is 6.43. The number of amides is 1. The van der Waals surface area contributed by atoms with E-state index in [1.165, 1.54) is 0 Å². The van der Waals surface area contributed by atoms with Gasteiger partial charge in [-0.3, -0.25) is 4.79 Å². The minimum absolute atomic E-state index is 0.0244. The predicted octanol–water partition coefficient (Wildman–Crippen LogP) is 1.42. The third kappa shape index (κ3) is 3.38. The monoisotopic (exact) mass is 264 g/mol. The first-order chi connectivity index (χ1) is 9.22. The number of benzene rings is 1.